The molecule has 2 saturated heterocycles. The lowest BCUT2D eigenvalue weighted by Gasteiger charge is -2.43. The van der Waals surface area contributed by atoms with Crippen LogP contribution >= 0.6 is 15.9 Å². The molecule has 131 valence electrons. The minimum Gasteiger partial charge on any atom is -0.467 e. The molecule has 2 bridgehead atoms. The molecule has 5 nitrogen and oxygen atoms in total. The van der Waals surface area contributed by atoms with E-state index in [0.717, 1.165) is 23.4 Å². The number of rotatable bonds is 5. The SMILES string of the molecule is COCOc1c[c]cc(N2CC3CCC(C2)N3c2ccnc(Br)c2)c1. The highest BCUT2D eigenvalue weighted by Crippen LogP contribution is 2.37. The van der Waals surface area contributed by atoms with Crippen molar-refractivity contribution in [1.29, 1.82) is 0 Å². The van der Waals surface area contributed by atoms with Crippen LogP contribution in [0, 0.1) is 6.07 Å². The molecule has 0 N–H and O–H groups in total. The first-order chi connectivity index (χ1) is 12.2. The lowest BCUT2D eigenvalue weighted by molar-refractivity contribution is 0.0511. The summed E-state index contributed by atoms with van der Waals surface area (Å²) < 4.78 is 11.4. The standard InChI is InChI=1S/C19H21BrN3O2/c1-24-13-25-18-4-2-3-14(9-18)22-11-16-5-6-17(12-22)23(16)15-7-8-21-19(20)10-15/h3-4,7-10,16-17H,5-6,11-13H2,1H3. The number of halogens is 1. The number of aromatic nitrogens is 1. The van der Waals surface area contributed by atoms with Crippen molar-refractivity contribution < 1.29 is 9.47 Å². The molecular formula is C19H21BrN3O2. The quantitative estimate of drug-likeness (QED) is 0.565. The smallest absolute Gasteiger partial charge is 0.188 e. The average molecular weight is 403 g/mol. The highest BCUT2D eigenvalue weighted by molar-refractivity contribution is 9.10. The minimum atomic E-state index is 0.257. The van der Waals surface area contributed by atoms with Crippen molar-refractivity contribution in [3.05, 3.63) is 47.2 Å². The molecule has 0 aliphatic carbocycles. The first-order valence-corrected chi connectivity index (χ1v) is 9.31. The van der Waals surface area contributed by atoms with Gasteiger partial charge in [-0.25, -0.2) is 4.98 Å². The number of ether oxygens (including phenoxy) is 2. The molecule has 4 rings (SSSR count). The van der Waals surface area contributed by atoms with Crippen molar-refractivity contribution in [1.82, 2.24) is 4.98 Å². The Kier molecular flexibility index (Phi) is 4.81. The molecule has 0 saturated carbocycles. The van der Waals surface area contributed by atoms with Crippen LogP contribution in [0.1, 0.15) is 12.8 Å². The van der Waals surface area contributed by atoms with E-state index < -0.39 is 0 Å². The molecule has 1 radical (unpaired) electrons. The number of fused-ring (bicyclic) bond motifs is 2. The van der Waals surface area contributed by atoms with E-state index in [4.69, 9.17) is 9.47 Å². The van der Waals surface area contributed by atoms with Crippen LogP contribution in [0.4, 0.5) is 11.4 Å². The first kappa shape index (κ1) is 16.7. The van der Waals surface area contributed by atoms with E-state index in [9.17, 15) is 0 Å². The van der Waals surface area contributed by atoms with Gasteiger partial charge >= 0.3 is 0 Å². The van der Waals surface area contributed by atoms with Crippen LogP contribution in [-0.2, 0) is 4.74 Å². The number of methoxy groups -OCH3 is 1. The van der Waals surface area contributed by atoms with Crippen molar-refractivity contribution in [3.8, 4) is 5.75 Å². The highest BCUT2D eigenvalue weighted by Gasteiger charge is 2.40. The molecule has 2 unspecified atom stereocenters. The Labute approximate surface area is 156 Å². The molecule has 0 amide bonds. The maximum absolute atomic E-state index is 5.56. The van der Waals surface area contributed by atoms with Gasteiger partial charge in [-0.3, -0.25) is 0 Å². The fourth-order valence-corrected chi connectivity index (χ4v) is 4.27. The van der Waals surface area contributed by atoms with E-state index in [2.05, 4.69) is 55.0 Å². The van der Waals surface area contributed by atoms with E-state index in [-0.39, 0.29) is 6.79 Å². The van der Waals surface area contributed by atoms with Gasteiger partial charge in [-0.05, 0) is 59.1 Å². The number of pyridine rings is 1. The fraction of sp³-hybridized carbons (Fsp3) is 0.421. The van der Waals surface area contributed by atoms with Crippen LogP contribution in [0.5, 0.6) is 5.75 Å². The molecule has 2 aliphatic heterocycles. The van der Waals surface area contributed by atoms with Crippen molar-refractivity contribution in [2.75, 3.05) is 36.8 Å². The van der Waals surface area contributed by atoms with Crippen LogP contribution in [-0.4, -0.2) is 44.1 Å². The summed E-state index contributed by atoms with van der Waals surface area (Å²) in [5.41, 5.74) is 2.43. The summed E-state index contributed by atoms with van der Waals surface area (Å²) in [4.78, 5) is 9.27. The van der Waals surface area contributed by atoms with E-state index in [1.54, 1.807) is 7.11 Å². The third-order valence-corrected chi connectivity index (χ3v) is 5.38. The zero-order valence-corrected chi connectivity index (χ0v) is 15.8. The Bertz CT molecular complexity index is 728. The van der Waals surface area contributed by atoms with Gasteiger partial charge in [-0.2, -0.15) is 0 Å². The number of piperazine rings is 1. The number of hydrogen-bond acceptors (Lipinski definition) is 5. The van der Waals surface area contributed by atoms with Crippen LogP contribution < -0.4 is 14.5 Å². The van der Waals surface area contributed by atoms with Crippen molar-refractivity contribution in [2.45, 2.75) is 24.9 Å². The molecule has 2 aromatic rings. The number of anilines is 2. The van der Waals surface area contributed by atoms with E-state index >= 15 is 0 Å². The largest absolute Gasteiger partial charge is 0.467 e. The third-order valence-electron chi connectivity index (χ3n) is 4.95. The van der Waals surface area contributed by atoms with Crippen LogP contribution in [0.25, 0.3) is 0 Å². The number of benzene rings is 1. The van der Waals surface area contributed by atoms with Gasteiger partial charge in [-0.1, -0.05) is 0 Å². The van der Waals surface area contributed by atoms with Crippen molar-refractivity contribution in [3.63, 3.8) is 0 Å². The molecule has 6 heteroatoms. The second kappa shape index (κ2) is 7.22. The molecule has 1 aromatic heterocycles. The van der Waals surface area contributed by atoms with Gasteiger partial charge in [0, 0.05) is 55.9 Å². The molecule has 0 spiro atoms. The predicted molar refractivity (Wildman–Crippen MR) is 101 cm³/mol. The van der Waals surface area contributed by atoms with Gasteiger partial charge in [0.1, 0.15) is 10.4 Å². The van der Waals surface area contributed by atoms with Gasteiger partial charge in [-0.15, -0.1) is 0 Å². The fourth-order valence-electron chi connectivity index (χ4n) is 3.92. The zero-order chi connectivity index (χ0) is 17.2. The third kappa shape index (κ3) is 3.46. The van der Waals surface area contributed by atoms with Gasteiger partial charge in [0.25, 0.3) is 0 Å². The molecule has 2 fully saturated rings. The molecular weight excluding hydrogens is 382 g/mol. The Morgan fingerprint density at radius 1 is 1.20 bits per heavy atom. The number of nitrogens with zero attached hydrogens (tertiary/aromatic N) is 3. The maximum Gasteiger partial charge on any atom is 0.188 e. The summed E-state index contributed by atoms with van der Waals surface area (Å²) in [7, 11) is 1.63. The molecule has 1 aromatic carbocycles. The second-order valence-electron chi connectivity index (χ2n) is 6.51. The summed E-state index contributed by atoms with van der Waals surface area (Å²) in [6.45, 7) is 2.28. The van der Waals surface area contributed by atoms with Gasteiger partial charge in [0.15, 0.2) is 6.79 Å². The maximum atomic E-state index is 5.56. The Balaban J connectivity index is 1.52. The van der Waals surface area contributed by atoms with E-state index in [1.807, 2.05) is 18.3 Å². The van der Waals surface area contributed by atoms with Gasteiger partial charge < -0.3 is 19.3 Å². The summed E-state index contributed by atoms with van der Waals surface area (Å²) in [5, 5.41) is 0. The molecule has 2 atom stereocenters. The Hall–Kier alpha value is -1.79. The normalized spacial score (nSPS) is 22.3. The van der Waals surface area contributed by atoms with Crippen LogP contribution in [0.2, 0.25) is 0 Å². The summed E-state index contributed by atoms with van der Waals surface area (Å²) in [5.74, 6) is 0.798. The summed E-state index contributed by atoms with van der Waals surface area (Å²) in [6, 6.07) is 14.4. The minimum absolute atomic E-state index is 0.257. The van der Waals surface area contributed by atoms with Crippen LogP contribution in [0.3, 0.4) is 0 Å². The average Bonchev–Trinajstić information content (AvgIpc) is 2.90. The molecule has 3 heterocycles. The number of hydrogen-bond donors (Lipinski definition) is 0. The second-order valence-corrected chi connectivity index (χ2v) is 7.32. The predicted octanol–water partition coefficient (Wildman–Crippen LogP) is 3.48. The van der Waals surface area contributed by atoms with E-state index in [1.165, 1.54) is 24.2 Å². The lowest BCUT2D eigenvalue weighted by atomic mass is 10.1. The molecule has 25 heavy (non-hydrogen) atoms. The summed E-state index contributed by atoms with van der Waals surface area (Å²) in [6.07, 6.45) is 4.33. The topological polar surface area (TPSA) is 37.8 Å². The lowest BCUT2D eigenvalue weighted by Crippen LogP contribution is -2.54. The van der Waals surface area contributed by atoms with Crippen LogP contribution in [0.15, 0.2) is 41.1 Å². The van der Waals surface area contributed by atoms with Crippen molar-refractivity contribution in [2.24, 2.45) is 0 Å². The van der Waals surface area contributed by atoms with Crippen molar-refractivity contribution >= 4 is 27.3 Å². The highest BCUT2D eigenvalue weighted by atomic mass is 79.9. The van der Waals surface area contributed by atoms with Gasteiger partial charge in [0.2, 0.25) is 0 Å². The monoisotopic (exact) mass is 402 g/mol. The molecule has 2 aliphatic rings. The zero-order valence-electron chi connectivity index (χ0n) is 14.2. The summed E-state index contributed by atoms with van der Waals surface area (Å²) >= 11 is 3.49. The Morgan fingerprint density at radius 3 is 2.72 bits per heavy atom. The van der Waals surface area contributed by atoms with Gasteiger partial charge in [0.05, 0.1) is 0 Å². The van der Waals surface area contributed by atoms with E-state index in [0.29, 0.717) is 12.1 Å². The first-order valence-electron chi connectivity index (χ1n) is 8.52. The Morgan fingerprint density at radius 2 is 2.00 bits per heavy atom.